The Bertz CT molecular complexity index is 617. The standard InChI is InChI=1S/C17H23N3O/c1-17(2,16(18)19)10-3-4-12-21-14-9-5-7-13-8-6-11-20-15(13)14/h5-9,11H,3-4,10,12H2,1-2H3,(H3,18,19). The second-order valence-corrected chi connectivity index (χ2v) is 5.93. The van der Waals surface area contributed by atoms with E-state index in [1.165, 1.54) is 0 Å². The van der Waals surface area contributed by atoms with Crippen LogP contribution in [0, 0.1) is 10.8 Å². The minimum absolute atomic E-state index is 0.221. The van der Waals surface area contributed by atoms with Gasteiger partial charge in [-0.1, -0.05) is 32.0 Å². The van der Waals surface area contributed by atoms with E-state index in [0.717, 1.165) is 35.9 Å². The van der Waals surface area contributed by atoms with Crippen LogP contribution in [0.5, 0.6) is 5.75 Å². The Morgan fingerprint density at radius 1 is 1.24 bits per heavy atom. The lowest BCUT2D eigenvalue weighted by Crippen LogP contribution is -2.30. The van der Waals surface area contributed by atoms with Crippen molar-refractivity contribution >= 4 is 16.7 Å². The topological polar surface area (TPSA) is 72.0 Å². The highest BCUT2D eigenvalue weighted by atomic mass is 16.5. The Morgan fingerprint density at radius 3 is 2.76 bits per heavy atom. The molecule has 2 rings (SSSR count). The Hall–Kier alpha value is -2.10. The van der Waals surface area contributed by atoms with E-state index in [9.17, 15) is 0 Å². The van der Waals surface area contributed by atoms with Crippen molar-refractivity contribution in [1.29, 1.82) is 5.41 Å². The number of fused-ring (bicyclic) bond motifs is 1. The maximum absolute atomic E-state index is 7.54. The van der Waals surface area contributed by atoms with Gasteiger partial charge in [0.05, 0.1) is 12.4 Å². The summed E-state index contributed by atoms with van der Waals surface area (Å²) in [5.74, 6) is 1.08. The molecule has 4 heteroatoms. The molecular weight excluding hydrogens is 262 g/mol. The van der Waals surface area contributed by atoms with Crippen molar-refractivity contribution in [3.05, 3.63) is 36.5 Å². The molecule has 1 aromatic heterocycles. The minimum atomic E-state index is -0.221. The van der Waals surface area contributed by atoms with Gasteiger partial charge < -0.3 is 10.5 Å². The lowest BCUT2D eigenvalue weighted by Gasteiger charge is -2.22. The molecule has 0 fully saturated rings. The zero-order chi connectivity index (χ0) is 15.3. The Kier molecular flexibility index (Phi) is 4.78. The number of para-hydroxylation sites is 1. The number of aromatic nitrogens is 1. The summed E-state index contributed by atoms with van der Waals surface area (Å²) < 4.78 is 5.85. The van der Waals surface area contributed by atoms with E-state index in [1.54, 1.807) is 6.20 Å². The fourth-order valence-electron chi connectivity index (χ4n) is 2.18. The summed E-state index contributed by atoms with van der Waals surface area (Å²) in [5, 5.41) is 8.63. The molecule has 0 aliphatic rings. The number of rotatable bonds is 7. The van der Waals surface area contributed by atoms with Gasteiger partial charge in [-0.15, -0.1) is 0 Å². The van der Waals surface area contributed by atoms with Crippen molar-refractivity contribution in [1.82, 2.24) is 4.98 Å². The number of amidine groups is 1. The number of hydrogen-bond donors (Lipinski definition) is 2. The van der Waals surface area contributed by atoms with Gasteiger partial charge >= 0.3 is 0 Å². The molecule has 0 bridgehead atoms. The molecule has 0 saturated heterocycles. The van der Waals surface area contributed by atoms with Crippen molar-refractivity contribution in [3.63, 3.8) is 0 Å². The van der Waals surface area contributed by atoms with Crippen LogP contribution in [0.2, 0.25) is 0 Å². The summed E-state index contributed by atoms with van der Waals surface area (Å²) >= 11 is 0. The molecule has 0 radical (unpaired) electrons. The molecule has 112 valence electrons. The van der Waals surface area contributed by atoms with Crippen molar-refractivity contribution < 1.29 is 4.74 Å². The molecule has 1 aromatic carbocycles. The first-order valence-corrected chi connectivity index (χ1v) is 7.32. The van der Waals surface area contributed by atoms with Crippen LogP contribution in [0.4, 0.5) is 0 Å². The average molecular weight is 285 g/mol. The smallest absolute Gasteiger partial charge is 0.145 e. The molecular formula is C17H23N3O. The highest BCUT2D eigenvalue weighted by Crippen LogP contribution is 2.25. The summed E-state index contributed by atoms with van der Waals surface area (Å²) in [6, 6.07) is 9.93. The first-order valence-electron chi connectivity index (χ1n) is 7.32. The van der Waals surface area contributed by atoms with Crippen molar-refractivity contribution in [2.45, 2.75) is 33.1 Å². The van der Waals surface area contributed by atoms with Crippen LogP contribution >= 0.6 is 0 Å². The molecule has 21 heavy (non-hydrogen) atoms. The minimum Gasteiger partial charge on any atom is -0.491 e. The molecule has 0 atom stereocenters. The normalized spacial score (nSPS) is 11.5. The van der Waals surface area contributed by atoms with E-state index in [0.29, 0.717) is 6.61 Å². The van der Waals surface area contributed by atoms with E-state index >= 15 is 0 Å². The highest BCUT2D eigenvalue weighted by Gasteiger charge is 2.20. The number of hydrogen-bond acceptors (Lipinski definition) is 3. The second-order valence-electron chi connectivity index (χ2n) is 5.93. The highest BCUT2D eigenvalue weighted by molar-refractivity contribution is 5.84. The van der Waals surface area contributed by atoms with E-state index in [4.69, 9.17) is 15.9 Å². The van der Waals surface area contributed by atoms with E-state index in [1.807, 2.05) is 44.2 Å². The van der Waals surface area contributed by atoms with Gasteiger partial charge in [-0.2, -0.15) is 0 Å². The molecule has 1 heterocycles. The maximum Gasteiger partial charge on any atom is 0.145 e. The van der Waals surface area contributed by atoms with Gasteiger partial charge in [-0.05, 0) is 31.4 Å². The number of nitrogens with zero attached hydrogens (tertiary/aromatic N) is 1. The van der Waals surface area contributed by atoms with Crippen molar-refractivity contribution in [2.24, 2.45) is 11.1 Å². The largest absolute Gasteiger partial charge is 0.491 e. The van der Waals surface area contributed by atoms with Crippen molar-refractivity contribution in [2.75, 3.05) is 6.61 Å². The molecule has 0 amide bonds. The number of nitrogens with one attached hydrogen (secondary N) is 1. The average Bonchev–Trinajstić information content (AvgIpc) is 2.47. The molecule has 0 saturated carbocycles. The third-order valence-corrected chi connectivity index (χ3v) is 3.78. The first kappa shape index (κ1) is 15.3. The number of nitrogens with two attached hydrogens (primary N) is 1. The predicted octanol–water partition coefficient (Wildman–Crippen LogP) is 3.75. The fraction of sp³-hybridized carbons (Fsp3) is 0.412. The number of unbranched alkanes of at least 4 members (excludes halogenated alkanes) is 1. The lowest BCUT2D eigenvalue weighted by atomic mass is 9.86. The van der Waals surface area contributed by atoms with Gasteiger partial charge in [0.1, 0.15) is 11.3 Å². The van der Waals surface area contributed by atoms with Gasteiger partial charge in [-0.3, -0.25) is 10.4 Å². The van der Waals surface area contributed by atoms with Crippen LogP contribution in [0.1, 0.15) is 33.1 Å². The number of pyridine rings is 1. The van der Waals surface area contributed by atoms with Gasteiger partial charge in [0.15, 0.2) is 0 Å². The molecule has 0 aliphatic carbocycles. The van der Waals surface area contributed by atoms with Gasteiger partial charge in [0, 0.05) is 17.0 Å². The number of ether oxygens (including phenoxy) is 1. The predicted molar refractivity (Wildman–Crippen MR) is 86.8 cm³/mol. The van der Waals surface area contributed by atoms with Gasteiger partial charge in [0.25, 0.3) is 0 Å². The molecule has 0 aliphatic heterocycles. The maximum atomic E-state index is 7.54. The fourth-order valence-corrected chi connectivity index (χ4v) is 2.18. The second kappa shape index (κ2) is 6.57. The van der Waals surface area contributed by atoms with Crippen molar-refractivity contribution in [3.8, 4) is 5.75 Å². The van der Waals surface area contributed by atoms with Gasteiger partial charge in [0.2, 0.25) is 0 Å². The molecule has 0 unspecified atom stereocenters. The number of benzene rings is 1. The van der Waals surface area contributed by atoms with Gasteiger partial charge in [-0.25, -0.2) is 0 Å². The zero-order valence-electron chi connectivity index (χ0n) is 12.7. The van der Waals surface area contributed by atoms with Crippen LogP contribution in [0.15, 0.2) is 36.5 Å². The quantitative estimate of drug-likeness (QED) is 0.462. The lowest BCUT2D eigenvalue weighted by molar-refractivity contribution is 0.299. The third kappa shape index (κ3) is 3.94. The first-order chi connectivity index (χ1) is 10.0. The van der Waals surface area contributed by atoms with Crippen LogP contribution in [-0.2, 0) is 0 Å². The molecule has 2 aromatic rings. The van der Waals surface area contributed by atoms with E-state index in [-0.39, 0.29) is 11.3 Å². The van der Waals surface area contributed by atoms with Crippen LogP contribution < -0.4 is 10.5 Å². The molecule has 0 spiro atoms. The Morgan fingerprint density at radius 2 is 2.00 bits per heavy atom. The Balaban J connectivity index is 1.85. The van der Waals surface area contributed by atoms with Crippen LogP contribution in [0.25, 0.3) is 10.9 Å². The molecule has 3 N–H and O–H groups in total. The summed E-state index contributed by atoms with van der Waals surface area (Å²) in [5.41, 5.74) is 6.27. The monoisotopic (exact) mass is 285 g/mol. The SMILES string of the molecule is CC(C)(CCCCOc1cccc2cccnc12)C(=N)N. The van der Waals surface area contributed by atoms with E-state index < -0.39 is 0 Å². The summed E-state index contributed by atoms with van der Waals surface area (Å²) in [7, 11) is 0. The van der Waals surface area contributed by atoms with Crippen LogP contribution in [-0.4, -0.2) is 17.4 Å². The zero-order valence-corrected chi connectivity index (χ0v) is 12.7. The van der Waals surface area contributed by atoms with Crippen LogP contribution in [0.3, 0.4) is 0 Å². The van der Waals surface area contributed by atoms with E-state index in [2.05, 4.69) is 4.98 Å². The Labute approximate surface area is 125 Å². The summed E-state index contributed by atoms with van der Waals surface area (Å²) in [6.07, 6.45) is 4.62. The third-order valence-electron chi connectivity index (χ3n) is 3.78. The summed E-state index contributed by atoms with van der Waals surface area (Å²) in [6.45, 7) is 4.67. The molecule has 4 nitrogen and oxygen atoms in total. The summed E-state index contributed by atoms with van der Waals surface area (Å²) in [4.78, 5) is 4.37.